The quantitative estimate of drug-likeness (QED) is 0.266. The number of hydrazine groups is 1. The Kier molecular flexibility index (Phi) is 6.16. The van der Waals surface area contributed by atoms with Crippen molar-refractivity contribution in [1.82, 2.24) is 5.43 Å². The summed E-state index contributed by atoms with van der Waals surface area (Å²) in [4.78, 5) is 12.4. The molecule has 0 aliphatic carbocycles. The van der Waals surface area contributed by atoms with Crippen molar-refractivity contribution in [2.45, 2.75) is 18.9 Å². The average Bonchev–Trinajstić information content (AvgIpc) is 2.62. The smallest absolute Gasteiger partial charge is 0.328 e. The van der Waals surface area contributed by atoms with Gasteiger partial charge in [0.05, 0.1) is 0 Å². The summed E-state index contributed by atoms with van der Waals surface area (Å²) in [5.74, 6) is 4.55. The van der Waals surface area contributed by atoms with Crippen molar-refractivity contribution in [3.05, 3.63) is 65.7 Å². The van der Waals surface area contributed by atoms with Crippen molar-refractivity contribution >= 4 is 12.0 Å². The fourth-order valence-corrected chi connectivity index (χ4v) is 2.30. The Balaban J connectivity index is 1.96. The highest BCUT2D eigenvalue weighted by molar-refractivity contribution is 5.81. The van der Waals surface area contributed by atoms with Gasteiger partial charge in [-0.2, -0.15) is 0 Å². The number of ether oxygens (including phenoxy) is 1. The summed E-state index contributed by atoms with van der Waals surface area (Å²) in [5, 5.41) is 18.9. The third-order valence-electron chi connectivity index (χ3n) is 3.79. The molecule has 0 aromatic heterocycles. The van der Waals surface area contributed by atoms with Crippen LogP contribution in [0.5, 0.6) is 11.5 Å². The van der Waals surface area contributed by atoms with Crippen LogP contribution in [0.15, 0.2) is 54.6 Å². The lowest BCUT2D eigenvalue weighted by atomic mass is 9.93. The highest BCUT2D eigenvalue weighted by atomic mass is 16.5. The first-order valence-corrected chi connectivity index (χ1v) is 7.82. The SMILES string of the molecule is CC(Cc1ccc(O)c(O)c1)(NN)C(=O)OCC=Cc1ccccc1. The van der Waals surface area contributed by atoms with E-state index in [1.807, 2.05) is 36.4 Å². The highest BCUT2D eigenvalue weighted by Crippen LogP contribution is 2.27. The molecule has 0 amide bonds. The van der Waals surface area contributed by atoms with Crippen LogP contribution in [0.4, 0.5) is 0 Å². The molecule has 0 aliphatic rings. The number of benzene rings is 2. The maximum Gasteiger partial charge on any atom is 0.328 e. The van der Waals surface area contributed by atoms with Crippen LogP contribution in [0.2, 0.25) is 0 Å². The third kappa shape index (κ3) is 5.07. The maximum absolute atomic E-state index is 12.4. The monoisotopic (exact) mass is 342 g/mol. The van der Waals surface area contributed by atoms with Crippen LogP contribution in [0.1, 0.15) is 18.1 Å². The zero-order valence-corrected chi connectivity index (χ0v) is 14.0. The number of carbonyl (C=O) groups is 1. The standard InChI is InChI=1S/C19H22N2O4/c1-19(21-20,13-15-9-10-16(22)17(23)12-15)18(24)25-11-5-8-14-6-3-2-4-7-14/h2-10,12,21-23H,11,13,20H2,1H3. The Morgan fingerprint density at radius 3 is 2.56 bits per heavy atom. The lowest BCUT2D eigenvalue weighted by molar-refractivity contribution is -0.149. The summed E-state index contributed by atoms with van der Waals surface area (Å²) < 4.78 is 5.27. The lowest BCUT2D eigenvalue weighted by Crippen LogP contribution is -2.55. The van der Waals surface area contributed by atoms with Gasteiger partial charge in [0.15, 0.2) is 11.5 Å². The molecule has 1 unspecified atom stereocenters. The Labute approximate surface area is 146 Å². The van der Waals surface area contributed by atoms with Crippen LogP contribution in [-0.2, 0) is 16.0 Å². The molecule has 5 N–H and O–H groups in total. The van der Waals surface area contributed by atoms with Gasteiger partial charge in [0.25, 0.3) is 0 Å². The van der Waals surface area contributed by atoms with E-state index in [1.165, 1.54) is 12.1 Å². The second-order valence-electron chi connectivity index (χ2n) is 5.89. The minimum Gasteiger partial charge on any atom is -0.504 e. The van der Waals surface area contributed by atoms with E-state index >= 15 is 0 Å². The summed E-state index contributed by atoms with van der Waals surface area (Å²) in [6.07, 6.45) is 3.80. The molecule has 2 aromatic carbocycles. The lowest BCUT2D eigenvalue weighted by Gasteiger charge is -2.26. The first kappa shape index (κ1) is 18.5. The molecule has 132 valence electrons. The van der Waals surface area contributed by atoms with E-state index in [0.717, 1.165) is 5.56 Å². The van der Waals surface area contributed by atoms with Gasteiger partial charge in [-0.25, -0.2) is 10.2 Å². The molecule has 2 rings (SSSR count). The summed E-state index contributed by atoms with van der Waals surface area (Å²) in [7, 11) is 0. The summed E-state index contributed by atoms with van der Waals surface area (Å²) in [6, 6.07) is 14.0. The van der Waals surface area contributed by atoms with Crippen LogP contribution in [-0.4, -0.2) is 28.3 Å². The van der Waals surface area contributed by atoms with Crippen molar-refractivity contribution in [1.29, 1.82) is 0 Å². The molecular formula is C19H22N2O4. The van der Waals surface area contributed by atoms with Crippen molar-refractivity contribution in [3.63, 3.8) is 0 Å². The number of hydrogen-bond donors (Lipinski definition) is 4. The van der Waals surface area contributed by atoms with E-state index < -0.39 is 11.5 Å². The number of phenols is 2. The molecule has 0 saturated heterocycles. The molecule has 0 heterocycles. The largest absolute Gasteiger partial charge is 0.504 e. The second kappa shape index (κ2) is 8.32. The van der Waals surface area contributed by atoms with Crippen LogP contribution in [0, 0.1) is 0 Å². The molecule has 0 radical (unpaired) electrons. The maximum atomic E-state index is 12.4. The normalized spacial score (nSPS) is 13.5. The number of nitrogens with two attached hydrogens (primary N) is 1. The fraction of sp³-hybridized carbons (Fsp3) is 0.211. The van der Waals surface area contributed by atoms with Crippen LogP contribution in [0.3, 0.4) is 0 Å². The molecule has 0 bridgehead atoms. The zero-order chi connectivity index (χ0) is 18.3. The predicted octanol–water partition coefficient (Wildman–Crippen LogP) is 2.12. The molecular weight excluding hydrogens is 320 g/mol. The molecule has 25 heavy (non-hydrogen) atoms. The van der Waals surface area contributed by atoms with Crippen LogP contribution in [0.25, 0.3) is 6.08 Å². The minimum absolute atomic E-state index is 0.117. The zero-order valence-electron chi connectivity index (χ0n) is 14.0. The molecule has 2 aromatic rings. The first-order chi connectivity index (χ1) is 11.9. The first-order valence-electron chi connectivity index (χ1n) is 7.82. The van der Waals surface area contributed by atoms with Gasteiger partial charge in [0, 0.05) is 6.42 Å². The van der Waals surface area contributed by atoms with Crippen LogP contribution >= 0.6 is 0 Å². The topological polar surface area (TPSA) is 105 Å². The van der Waals surface area contributed by atoms with Gasteiger partial charge in [0.1, 0.15) is 12.1 Å². The van der Waals surface area contributed by atoms with Crippen LogP contribution < -0.4 is 11.3 Å². The predicted molar refractivity (Wildman–Crippen MR) is 95.6 cm³/mol. The number of phenolic OH excluding ortho intramolecular Hbond substituents is 2. The molecule has 0 fully saturated rings. The number of rotatable bonds is 7. The number of hydrogen-bond acceptors (Lipinski definition) is 6. The van der Waals surface area contributed by atoms with E-state index in [0.29, 0.717) is 5.56 Å². The molecule has 0 spiro atoms. The Morgan fingerprint density at radius 2 is 1.92 bits per heavy atom. The van der Waals surface area contributed by atoms with Crippen molar-refractivity contribution < 1.29 is 19.7 Å². The molecule has 6 nitrogen and oxygen atoms in total. The second-order valence-corrected chi connectivity index (χ2v) is 5.89. The fourth-order valence-electron chi connectivity index (χ4n) is 2.30. The summed E-state index contributed by atoms with van der Waals surface area (Å²) in [6.45, 7) is 1.73. The van der Waals surface area contributed by atoms with E-state index in [9.17, 15) is 15.0 Å². The highest BCUT2D eigenvalue weighted by Gasteiger charge is 2.34. The number of aromatic hydroxyl groups is 2. The minimum atomic E-state index is -1.16. The van der Waals surface area contributed by atoms with Gasteiger partial charge in [-0.1, -0.05) is 42.5 Å². The Hall–Kier alpha value is -2.83. The summed E-state index contributed by atoms with van der Waals surface area (Å²) >= 11 is 0. The van der Waals surface area contributed by atoms with E-state index in [1.54, 1.807) is 19.1 Å². The van der Waals surface area contributed by atoms with Crippen molar-refractivity contribution in [3.8, 4) is 11.5 Å². The van der Waals surface area contributed by atoms with Crippen molar-refractivity contribution in [2.75, 3.05) is 6.61 Å². The van der Waals surface area contributed by atoms with Crippen molar-refractivity contribution in [2.24, 2.45) is 5.84 Å². The Bertz CT molecular complexity index is 746. The number of esters is 1. The average molecular weight is 342 g/mol. The molecule has 6 heteroatoms. The van der Waals surface area contributed by atoms with Gasteiger partial charge in [-0.05, 0) is 36.3 Å². The van der Waals surface area contributed by atoms with E-state index in [-0.39, 0.29) is 24.5 Å². The molecule has 0 aliphatic heterocycles. The molecule has 0 saturated carbocycles. The summed E-state index contributed by atoms with van der Waals surface area (Å²) in [5.41, 5.74) is 2.96. The number of carbonyl (C=O) groups excluding carboxylic acids is 1. The number of nitrogens with one attached hydrogen (secondary N) is 1. The van der Waals surface area contributed by atoms with Gasteiger partial charge in [-0.15, -0.1) is 0 Å². The van der Waals surface area contributed by atoms with Gasteiger partial charge in [-0.3, -0.25) is 5.84 Å². The van der Waals surface area contributed by atoms with Gasteiger partial charge >= 0.3 is 5.97 Å². The Morgan fingerprint density at radius 1 is 1.20 bits per heavy atom. The van der Waals surface area contributed by atoms with E-state index in [4.69, 9.17) is 10.6 Å². The van der Waals surface area contributed by atoms with Gasteiger partial charge in [0.2, 0.25) is 0 Å². The third-order valence-corrected chi connectivity index (χ3v) is 3.79. The van der Waals surface area contributed by atoms with Gasteiger partial charge < -0.3 is 14.9 Å². The van der Waals surface area contributed by atoms with E-state index in [2.05, 4.69) is 5.43 Å². The molecule has 1 atom stereocenters.